The van der Waals surface area contributed by atoms with Gasteiger partial charge in [-0.05, 0) is 36.9 Å². The summed E-state index contributed by atoms with van der Waals surface area (Å²) < 4.78 is 17.0. The second kappa shape index (κ2) is 8.18. The highest BCUT2D eigenvalue weighted by Gasteiger charge is 2.14. The Morgan fingerprint density at radius 3 is 2.92 bits per heavy atom. The fourth-order valence-corrected chi connectivity index (χ4v) is 3.69. The Balaban J connectivity index is 1.38. The van der Waals surface area contributed by atoms with Gasteiger partial charge >= 0.3 is 0 Å². The number of aliphatic hydroxyl groups is 1. The zero-order valence-corrected chi connectivity index (χ0v) is 15.0. The average molecular weight is 370 g/mol. The summed E-state index contributed by atoms with van der Waals surface area (Å²) >= 11 is 7.48. The van der Waals surface area contributed by atoms with E-state index in [2.05, 4.69) is 4.90 Å². The smallest absolute Gasteiger partial charge is 0.231 e. The topological polar surface area (TPSA) is 51.2 Å². The van der Waals surface area contributed by atoms with E-state index in [1.807, 2.05) is 37.4 Å². The molecular formula is C17H20ClNO4S. The van der Waals surface area contributed by atoms with Gasteiger partial charge in [0.15, 0.2) is 11.5 Å². The highest BCUT2D eigenvalue weighted by molar-refractivity contribution is 7.16. The van der Waals surface area contributed by atoms with Crippen LogP contribution in [0.15, 0.2) is 30.3 Å². The van der Waals surface area contributed by atoms with Crippen molar-refractivity contribution in [2.75, 3.05) is 27.0 Å². The van der Waals surface area contributed by atoms with Crippen LogP contribution in [-0.4, -0.2) is 43.1 Å². The molecule has 0 fully saturated rings. The van der Waals surface area contributed by atoms with E-state index in [1.54, 1.807) is 11.3 Å². The summed E-state index contributed by atoms with van der Waals surface area (Å²) in [5.74, 6) is 1.50. The molecule has 7 heteroatoms. The molecule has 0 saturated carbocycles. The lowest BCUT2D eigenvalue weighted by atomic mass is 10.2. The van der Waals surface area contributed by atoms with E-state index in [1.165, 1.54) is 4.88 Å². The van der Waals surface area contributed by atoms with Gasteiger partial charge in [-0.15, -0.1) is 11.3 Å². The highest BCUT2D eigenvalue weighted by atomic mass is 35.5. The second-order valence-corrected chi connectivity index (χ2v) is 7.56. The monoisotopic (exact) mass is 369 g/mol. The van der Waals surface area contributed by atoms with E-state index in [0.717, 1.165) is 27.9 Å². The van der Waals surface area contributed by atoms with Crippen molar-refractivity contribution in [1.29, 1.82) is 0 Å². The van der Waals surface area contributed by atoms with Crippen molar-refractivity contribution in [2.45, 2.75) is 19.3 Å². The van der Waals surface area contributed by atoms with Crippen molar-refractivity contribution in [2.24, 2.45) is 0 Å². The maximum atomic E-state index is 10.1. The molecule has 1 aliphatic rings. The van der Waals surface area contributed by atoms with E-state index in [0.29, 0.717) is 13.2 Å². The number of rotatable bonds is 8. The van der Waals surface area contributed by atoms with Crippen molar-refractivity contribution in [3.63, 3.8) is 0 Å². The Morgan fingerprint density at radius 2 is 2.12 bits per heavy atom. The molecule has 130 valence electrons. The Bertz CT molecular complexity index is 678. The van der Waals surface area contributed by atoms with E-state index < -0.39 is 6.10 Å². The van der Waals surface area contributed by atoms with Crippen LogP contribution in [0.1, 0.15) is 10.4 Å². The summed E-state index contributed by atoms with van der Waals surface area (Å²) in [6.45, 7) is 2.27. The number of hydrogen-bond acceptors (Lipinski definition) is 6. The van der Waals surface area contributed by atoms with E-state index >= 15 is 0 Å². The van der Waals surface area contributed by atoms with Crippen molar-refractivity contribution in [3.05, 3.63) is 45.1 Å². The molecule has 2 aromatic rings. The highest BCUT2D eigenvalue weighted by Crippen LogP contribution is 2.32. The van der Waals surface area contributed by atoms with Crippen LogP contribution in [0.4, 0.5) is 0 Å². The summed E-state index contributed by atoms with van der Waals surface area (Å²) in [4.78, 5) is 3.23. The standard InChI is InChI=1S/C17H20ClNO4S/c1-19(8-14-3-5-17(18)24-14)7-13(20)10-21-9-12-2-4-15-16(6-12)23-11-22-15/h2-6,13,20H,7-11H2,1H3. The fourth-order valence-electron chi connectivity index (χ4n) is 2.52. The number of benzene rings is 1. The summed E-state index contributed by atoms with van der Waals surface area (Å²) in [5, 5.41) is 10.1. The van der Waals surface area contributed by atoms with Crippen molar-refractivity contribution >= 4 is 22.9 Å². The largest absolute Gasteiger partial charge is 0.454 e. The molecule has 0 aliphatic carbocycles. The van der Waals surface area contributed by atoms with Gasteiger partial charge in [-0.3, -0.25) is 4.90 Å². The maximum Gasteiger partial charge on any atom is 0.231 e. The van der Waals surface area contributed by atoms with E-state index in [4.69, 9.17) is 25.8 Å². The van der Waals surface area contributed by atoms with E-state index in [9.17, 15) is 5.11 Å². The van der Waals surface area contributed by atoms with Gasteiger partial charge in [0.2, 0.25) is 6.79 Å². The molecule has 1 N–H and O–H groups in total. The first-order valence-electron chi connectivity index (χ1n) is 7.67. The second-order valence-electron chi connectivity index (χ2n) is 5.76. The minimum Gasteiger partial charge on any atom is -0.454 e. The molecule has 5 nitrogen and oxygen atoms in total. The molecule has 0 amide bonds. The maximum absolute atomic E-state index is 10.1. The third-order valence-electron chi connectivity index (χ3n) is 3.59. The zero-order valence-electron chi connectivity index (χ0n) is 13.4. The number of thiophene rings is 1. The van der Waals surface area contributed by atoms with Gasteiger partial charge in [-0.2, -0.15) is 0 Å². The molecule has 3 rings (SSSR count). The van der Waals surface area contributed by atoms with Crippen LogP contribution in [0.25, 0.3) is 0 Å². The molecule has 1 aromatic carbocycles. The lowest BCUT2D eigenvalue weighted by Gasteiger charge is -2.20. The predicted octanol–water partition coefficient (Wildman–Crippen LogP) is 3.14. The third-order valence-corrected chi connectivity index (χ3v) is 4.81. The Hall–Kier alpha value is -1.31. The van der Waals surface area contributed by atoms with Gasteiger partial charge in [0.05, 0.1) is 23.7 Å². The lowest BCUT2D eigenvalue weighted by Crippen LogP contribution is -2.31. The molecular weight excluding hydrogens is 350 g/mol. The number of fused-ring (bicyclic) bond motifs is 1. The zero-order chi connectivity index (χ0) is 16.9. The molecule has 0 bridgehead atoms. The van der Waals surface area contributed by atoms with Gasteiger partial charge in [0.25, 0.3) is 0 Å². The van der Waals surface area contributed by atoms with Crippen molar-refractivity contribution in [1.82, 2.24) is 4.90 Å². The first-order valence-corrected chi connectivity index (χ1v) is 8.86. The minimum absolute atomic E-state index is 0.264. The lowest BCUT2D eigenvalue weighted by molar-refractivity contribution is 0.0128. The number of nitrogens with zero attached hydrogens (tertiary/aromatic N) is 1. The molecule has 0 spiro atoms. The number of aliphatic hydroxyl groups excluding tert-OH is 1. The fraction of sp³-hybridized carbons (Fsp3) is 0.412. The van der Waals surface area contributed by atoms with E-state index in [-0.39, 0.29) is 13.4 Å². The molecule has 1 aromatic heterocycles. The molecule has 0 saturated heterocycles. The van der Waals surface area contributed by atoms with Gasteiger partial charge in [0, 0.05) is 18.0 Å². The van der Waals surface area contributed by atoms with Crippen molar-refractivity contribution in [3.8, 4) is 11.5 Å². The van der Waals surface area contributed by atoms with Crippen LogP contribution in [0.2, 0.25) is 4.34 Å². The summed E-state index contributed by atoms with van der Waals surface area (Å²) in [5.41, 5.74) is 0.994. The van der Waals surface area contributed by atoms with Gasteiger partial charge < -0.3 is 19.3 Å². The van der Waals surface area contributed by atoms with Crippen LogP contribution in [0.3, 0.4) is 0 Å². The summed E-state index contributed by atoms with van der Waals surface area (Å²) in [6, 6.07) is 9.61. The molecule has 2 heterocycles. The molecule has 0 radical (unpaired) electrons. The summed E-state index contributed by atoms with van der Waals surface area (Å²) in [6.07, 6.45) is -0.542. The Labute approximate surface area is 150 Å². The molecule has 1 aliphatic heterocycles. The number of likely N-dealkylation sites (N-methyl/N-ethyl adjacent to an activating group) is 1. The normalized spacial score (nSPS) is 14.3. The number of halogens is 1. The van der Waals surface area contributed by atoms with Crippen LogP contribution in [0.5, 0.6) is 11.5 Å². The first kappa shape index (κ1) is 17.5. The number of ether oxygens (including phenoxy) is 3. The van der Waals surface area contributed by atoms with Crippen molar-refractivity contribution < 1.29 is 19.3 Å². The predicted molar refractivity (Wildman–Crippen MR) is 93.9 cm³/mol. The molecule has 24 heavy (non-hydrogen) atoms. The van der Waals surface area contributed by atoms with Crippen LogP contribution in [-0.2, 0) is 17.9 Å². The van der Waals surface area contributed by atoms with Crippen LogP contribution >= 0.6 is 22.9 Å². The first-order chi connectivity index (χ1) is 11.6. The Morgan fingerprint density at radius 1 is 1.29 bits per heavy atom. The van der Waals surface area contributed by atoms with Gasteiger partial charge in [-0.25, -0.2) is 0 Å². The van der Waals surface area contributed by atoms with Gasteiger partial charge in [0.1, 0.15) is 0 Å². The van der Waals surface area contributed by atoms with Crippen LogP contribution < -0.4 is 9.47 Å². The summed E-state index contributed by atoms with van der Waals surface area (Å²) in [7, 11) is 1.97. The molecule has 1 atom stereocenters. The Kier molecular flexibility index (Phi) is 5.97. The number of hydrogen-bond donors (Lipinski definition) is 1. The average Bonchev–Trinajstić information content (AvgIpc) is 3.15. The quantitative estimate of drug-likeness (QED) is 0.774. The SMILES string of the molecule is CN(Cc1ccc(Cl)s1)CC(O)COCc1ccc2c(c1)OCO2. The minimum atomic E-state index is -0.542. The van der Waals surface area contributed by atoms with Gasteiger partial charge in [-0.1, -0.05) is 17.7 Å². The third kappa shape index (κ3) is 4.84. The van der Waals surface area contributed by atoms with Crippen LogP contribution in [0, 0.1) is 0 Å². The molecule has 1 unspecified atom stereocenters.